The number of nitrogens with one attached hydrogen (secondary N) is 1. The van der Waals surface area contributed by atoms with E-state index in [9.17, 15) is 28.8 Å². The lowest BCUT2D eigenvalue weighted by Gasteiger charge is -2.29. The highest BCUT2D eigenvalue weighted by Gasteiger charge is 2.52. The van der Waals surface area contributed by atoms with Crippen molar-refractivity contribution in [2.24, 2.45) is 0 Å². The highest BCUT2D eigenvalue weighted by Crippen LogP contribution is 2.47. The molecule has 13 nitrogen and oxygen atoms in total. The second-order valence-electron chi connectivity index (χ2n) is 8.37. The molecule has 0 spiro atoms. The number of aromatic nitrogens is 2. The van der Waals surface area contributed by atoms with Crippen LogP contribution in [0.5, 0.6) is 5.75 Å². The molecule has 1 aromatic carbocycles. The Bertz CT molecular complexity index is 1380. The van der Waals surface area contributed by atoms with Crippen LogP contribution >= 0.6 is 7.75 Å². The van der Waals surface area contributed by atoms with Gasteiger partial charge >= 0.3 is 19.4 Å². The van der Waals surface area contributed by atoms with E-state index >= 15 is 0 Å². The Morgan fingerprint density at radius 3 is 2.66 bits per heavy atom. The average molecular weight is 552 g/mol. The Morgan fingerprint density at radius 2 is 2.05 bits per heavy atom. The van der Waals surface area contributed by atoms with Gasteiger partial charge in [0.2, 0.25) is 11.5 Å². The number of hydrogen-bond donors (Lipinski definition) is 4. The quantitative estimate of drug-likeness (QED) is 0.190. The minimum atomic E-state index is -4.46. The van der Waals surface area contributed by atoms with E-state index < -0.39 is 73.1 Å². The molecule has 2 heterocycles. The molecule has 0 amide bonds. The summed E-state index contributed by atoms with van der Waals surface area (Å²) in [5.41, 5.74) is 1.85. The van der Waals surface area contributed by atoms with Crippen LogP contribution in [0.1, 0.15) is 20.8 Å². The Kier molecular flexibility index (Phi) is 8.48. The van der Waals surface area contributed by atoms with Crippen LogP contribution in [0.15, 0.2) is 47.1 Å². The van der Waals surface area contributed by atoms with Gasteiger partial charge in [0.25, 0.3) is 0 Å². The molecule has 0 saturated heterocycles. The van der Waals surface area contributed by atoms with E-state index in [1.54, 1.807) is 32.0 Å². The number of anilines is 1. The van der Waals surface area contributed by atoms with Gasteiger partial charge in [-0.25, -0.2) is 18.3 Å². The SMILES string of the molecule is C#C[C@]1(CO[P@@](=O)(N[C@@H](C)C(=O)OC(C)C)Oc2ccccc2)OC(n2cc(F)c(N)nc2=O)=C(O)C1O. The summed E-state index contributed by atoms with van der Waals surface area (Å²) in [5, 5.41) is 23.6. The lowest BCUT2D eigenvalue weighted by Crippen LogP contribution is -2.45. The van der Waals surface area contributed by atoms with Gasteiger partial charge in [-0.05, 0) is 32.9 Å². The van der Waals surface area contributed by atoms with Crippen LogP contribution in [0, 0.1) is 18.2 Å². The zero-order chi connectivity index (χ0) is 28.3. The van der Waals surface area contributed by atoms with Crippen molar-refractivity contribution in [3.8, 4) is 18.1 Å². The van der Waals surface area contributed by atoms with E-state index in [2.05, 4.69) is 16.0 Å². The van der Waals surface area contributed by atoms with Crippen molar-refractivity contribution in [3.05, 3.63) is 58.6 Å². The van der Waals surface area contributed by atoms with Gasteiger partial charge in [0, 0.05) is 0 Å². The summed E-state index contributed by atoms with van der Waals surface area (Å²) in [6.45, 7) is 3.71. The molecule has 0 fully saturated rings. The van der Waals surface area contributed by atoms with Gasteiger partial charge in [-0.2, -0.15) is 10.1 Å². The predicted octanol–water partition coefficient (Wildman–Crippen LogP) is 1.55. The van der Waals surface area contributed by atoms with E-state index in [1.807, 2.05) is 0 Å². The molecular weight excluding hydrogens is 526 g/mol. The molecule has 0 radical (unpaired) electrons. The maximum atomic E-state index is 14.0. The van der Waals surface area contributed by atoms with Gasteiger partial charge in [-0.15, -0.1) is 6.42 Å². The second kappa shape index (κ2) is 11.2. The molecule has 204 valence electrons. The van der Waals surface area contributed by atoms with E-state index in [4.69, 9.17) is 30.7 Å². The van der Waals surface area contributed by atoms with E-state index in [-0.39, 0.29) is 5.75 Å². The average Bonchev–Trinajstić information content (AvgIpc) is 3.11. The molecule has 5 N–H and O–H groups in total. The molecule has 2 aromatic rings. The number of terminal acetylenes is 1. The molecule has 38 heavy (non-hydrogen) atoms. The predicted molar refractivity (Wildman–Crippen MR) is 132 cm³/mol. The number of nitrogen functional groups attached to an aromatic ring is 1. The Labute approximate surface area is 216 Å². The number of nitrogens with two attached hydrogens (primary N) is 1. The number of aliphatic hydroxyl groups is 2. The first-order valence-corrected chi connectivity index (χ1v) is 12.7. The smallest absolute Gasteiger partial charge is 0.459 e. The lowest BCUT2D eigenvalue weighted by atomic mass is 9.99. The van der Waals surface area contributed by atoms with Crippen LogP contribution in [-0.2, 0) is 23.4 Å². The van der Waals surface area contributed by atoms with Crippen molar-refractivity contribution >= 4 is 25.4 Å². The summed E-state index contributed by atoms with van der Waals surface area (Å²) in [7, 11) is -4.46. The molecule has 1 aliphatic heterocycles. The topological polar surface area (TPSA) is 184 Å². The minimum absolute atomic E-state index is 0.0899. The van der Waals surface area contributed by atoms with Crippen LogP contribution in [0.3, 0.4) is 0 Å². The van der Waals surface area contributed by atoms with Crippen LogP contribution in [0.2, 0.25) is 0 Å². The van der Waals surface area contributed by atoms with Crippen LogP contribution in [-0.4, -0.2) is 56.2 Å². The summed E-state index contributed by atoms with van der Waals surface area (Å²) in [4.78, 5) is 27.8. The number of halogens is 1. The van der Waals surface area contributed by atoms with Crippen molar-refractivity contribution in [1.82, 2.24) is 14.6 Å². The fraction of sp³-hybridized carbons (Fsp3) is 0.348. The third-order valence-corrected chi connectivity index (χ3v) is 6.67. The third kappa shape index (κ3) is 6.15. The number of nitrogens with zero attached hydrogens (tertiary/aromatic N) is 2. The molecular formula is C23H26FN4O9P. The first kappa shape index (κ1) is 28.7. The van der Waals surface area contributed by atoms with Gasteiger partial charge in [0.1, 0.15) is 18.4 Å². The molecule has 1 aliphatic rings. The highest BCUT2D eigenvalue weighted by atomic mass is 31.2. The molecule has 4 atom stereocenters. The first-order chi connectivity index (χ1) is 17.8. The number of benzene rings is 1. The number of aliphatic hydroxyl groups excluding tert-OH is 2. The van der Waals surface area contributed by atoms with Crippen molar-refractivity contribution in [3.63, 3.8) is 0 Å². The van der Waals surface area contributed by atoms with Crippen molar-refractivity contribution in [1.29, 1.82) is 0 Å². The Balaban J connectivity index is 1.89. The molecule has 1 aromatic heterocycles. The maximum absolute atomic E-state index is 14.0. The fourth-order valence-electron chi connectivity index (χ4n) is 3.16. The van der Waals surface area contributed by atoms with E-state index in [0.717, 1.165) is 0 Å². The summed E-state index contributed by atoms with van der Waals surface area (Å²) < 4.78 is 49.6. The monoisotopic (exact) mass is 552 g/mol. The van der Waals surface area contributed by atoms with Crippen LogP contribution in [0.4, 0.5) is 10.2 Å². The molecule has 0 saturated carbocycles. The number of carbonyl (C=O) groups excluding carboxylic acids is 1. The number of hydrogen-bond acceptors (Lipinski definition) is 11. The minimum Gasteiger partial charge on any atom is -0.505 e. The van der Waals surface area contributed by atoms with E-state index in [0.29, 0.717) is 10.8 Å². The zero-order valence-electron chi connectivity index (χ0n) is 20.5. The van der Waals surface area contributed by atoms with Crippen molar-refractivity contribution in [2.75, 3.05) is 12.3 Å². The van der Waals surface area contributed by atoms with Gasteiger partial charge in [0.05, 0.1) is 12.3 Å². The molecule has 0 bridgehead atoms. The summed E-state index contributed by atoms with van der Waals surface area (Å²) in [5.74, 6) is -2.11. The van der Waals surface area contributed by atoms with Gasteiger partial charge in [0.15, 0.2) is 23.5 Å². The molecule has 3 rings (SSSR count). The third-order valence-electron chi connectivity index (χ3n) is 5.05. The number of carbonyl (C=O) groups is 1. The normalized spacial score (nSPS) is 21.3. The van der Waals surface area contributed by atoms with Crippen molar-refractivity contribution < 1.29 is 42.5 Å². The van der Waals surface area contributed by atoms with Gasteiger partial charge in [-0.3, -0.25) is 9.32 Å². The number of esters is 1. The van der Waals surface area contributed by atoms with Crippen molar-refractivity contribution in [2.45, 2.75) is 44.6 Å². The Morgan fingerprint density at radius 1 is 1.39 bits per heavy atom. The van der Waals surface area contributed by atoms with Crippen LogP contribution in [0.25, 0.3) is 5.88 Å². The molecule has 0 aliphatic carbocycles. The van der Waals surface area contributed by atoms with E-state index in [1.165, 1.54) is 19.1 Å². The standard InChI is InChI=1S/C23H26FN4O9P/c1-5-23(18(30)17(29)20(36-23)28-11-16(24)19(25)26-22(28)32)12-34-38(33,37-15-9-7-6-8-10-15)27-14(4)21(31)35-13(2)3/h1,6-11,13-14,18,29-30H,12H2,2-4H3,(H,27,33)(H2,25,26,32)/t14-,18?,23+,38-/m0/s1. The fourth-order valence-corrected chi connectivity index (χ4v) is 4.68. The summed E-state index contributed by atoms with van der Waals surface area (Å²) >= 11 is 0. The Hall–Kier alpha value is -3.89. The maximum Gasteiger partial charge on any atom is 0.459 e. The van der Waals surface area contributed by atoms with Crippen LogP contribution < -0.4 is 21.0 Å². The lowest BCUT2D eigenvalue weighted by molar-refractivity contribution is -0.149. The zero-order valence-corrected chi connectivity index (χ0v) is 21.4. The number of ether oxygens (including phenoxy) is 2. The number of rotatable bonds is 10. The first-order valence-electron chi connectivity index (χ1n) is 11.1. The van der Waals surface area contributed by atoms with Gasteiger partial charge < -0.3 is 29.9 Å². The largest absolute Gasteiger partial charge is 0.505 e. The summed E-state index contributed by atoms with van der Waals surface area (Å²) in [6, 6.07) is 6.61. The van der Waals surface area contributed by atoms with Gasteiger partial charge in [-0.1, -0.05) is 24.1 Å². The molecule has 15 heteroatoms. The second-order valence-corrected chi connectivity index (χ2v) is 10.1. The number of para-hydroxylation sites is 1. The summed E-state index contributed by atoms with van der Waals surface area (Å²) in [6.07, 6.45) is 3.65. The highest BCUT2D eigenvalue weighted by molar-refractivity contribution is 7.52. The molecule has 1 unspecified atom stereocenters.